The van der Waals surface area contributed by atoms with Crippen LogP contribution in [-0.2, 0) is 40.7 Å². The Morgan fingerprint density at radius 1 is 0.453 bits per heavy atom. The summed E-state index contributed by atoms with van der Waals surface area (Å²) in [6.07, 6.45) is 5.84. The van der Waals surface area contributed by atoms with Gasteiger partial charge in [-0.2, -0.15) is 0 Å². The van der Waals surface area contributed by atoms with E-state index in [1.54, 1.807) is 126 Å². The molecular formula is C50H56Cu2N4O8. The first-order chi connectivity index (χ1) is 30.2. The Morgan fingerprint density at radius 3 is 1.12 bits per heavy atom. The molecular weight excluding hydrogens is 912 g/mol. The average molecular weight is 968 g/mol. The van der Waals surface area contributed by atoms with Crippen LogP contribution < -0.4 is 18.9 Å². The van der Waals surface area contributed by atoms with E-state index in [2.05, 4.69) is 20.0 Å². The third-order valence-corrected chi connectivity index (χ3v) is 8.51. The van der Waals surface area contributed by atoms with E-state index in [0.29, 0.717) is 52.6 Å². The van der Waals surface area contributed by atoms with Gasteiger partial charge in [0.25, 0.3) is 0 Å². The summed E-state index contributed by atoms with van der Waals surface area (Å²) in [5.74, 6) is 3.26. The second-order valence-electron chi connectivity index (χ2n) is 12.6. The molecule has 6 aromatic rings. The Bertz CT molecular complexity index is 2300. The molecule has 12 nitrogen and oxygen atoms in total. The molecule has 4 N–H and O–H groups in total. The van der Waals surface area contributed by atoms with Gasteiger partial charge in [0.1, 0.15) is 46.0 Å². The number of hydrogen-bond donors (Lipinski definition) is 4. The number of methoxy groups -OCH3 is 4. The fourth-order valence-electron chi connectivity index (χ4n) is 5.21. The zero-order valence-electron chi connectivity index (χ0n) is 36.8. The van der Waals surface area contributed by atoms with Crippen molar-refractivity contribution < 1.29 is 73.5 Å². The van der Waals surface area contributed by atoms with E-state index in [1.165, 1.54) is 0 Å². The molecule has 14 heteroatoms. The van der Waals surface area contributed by atoms with Gasteiger partial charge in [-0.25, -0.2) is 0 Å². The van der Waals surface area contributed by atoms with Crippen LogP contribution in [0.2, 0.25) is 0 Å². The van der Waals surface area contributed by atoms with Gasteiger partial charge in [0.15, 0.2) is 6.17 Å². The van der Waals surface area contributed by atoms with Crippen molar-refractivity contribution in [1.29, 1.82) is 0 Å². The number of ether oxygens (including phenoxy) is 4. The number of benzene rings is 6. The summed E-state index contributed by atoms with van der Waals surface area (Å²) in [7, 11) is 6.31. The standard InChI is InChI=1S/C23H22N2O4.C15H15NO2.C10H13NO2.C2H6.2Cu/c1-28-19-8-10-21(26)17(12-19)14-24-23(16-6-4-3-5-7-16)25-15-18-13-20(29-2)9-11-22(18)27;1-18-14-7-8-15(17)13(9-14)11-16-10-12-5-3-2-4-6-12;1-3-11-7-8-6-9(13-2)4-5-10(8)12;1-2;;/h3-15,23,26-27H,1-2H3;2-9,11,17H,10H2,1H3;4-7,12H,3H2,1-2H3;1-2H3;;/b24-14+,25-15+;;;;;. The first-order valence-electron chi connectivity index (χ1n) is 19.8. The normalized spacial score (nSPS) is 10.4. The zero-order valence-corrected chi connectivity index (χ0v) is 38.7. The van der Waals surface area contributed by atoms with Gasteiger partial charge in [-0.1, -0.05) is 74.5 Å². The minimum Gasteiger partial charge on any atom is -0.507 e. The third-order valence-electron chi connectivity index (χ3n) is 8.51. The Morgan fingerprint density at radius 2 is 0.781 bits per heavy atom. The van der Waals surface area contributed by atoms with Crippen molar-refractivity contribution >= 4 is 24.9 Å². The van der Waals surface area contributed by atoms with Crippen molar-refractivity contribution in [2.45, 2.75) is 33.5 Å². The van der Waals surface area contributed by atoms with Gasteiger partial charge < -0.3 is 39.4 Å². The number of hydrogen-bond acceptors (Lipinski definition) is 12. The van der Waals surface area contributed by atoms with E-state index in [9.17, 15) is 20.4 Å². The van der Waals surface area contributed by atoms with Crippen molar-refractivity contribution in [3.63, 3.8) is 0 Å². The van der Waals surface area contributed by atoms with Crippen LogP contribution in [0.5, 0.6) is 46.0 Å². The van der Waals surface area contributed by atoms with Crippen LogP contribution in [0.1, 0.15) is 60.3 Å². The number of aromatic hydroxyl groups is 4. The van der Waals surface area contributed by atoms with Gasteiger partial charge in [0, 0.05) is 87.8 Å². The first-order valence-corrected chi connectivity index (χ1v) is 19.8. The Kier molecular flexibility index (Phi) is 27.1. The maximum atomic E-state index is 10.1. The summed E-state index contributed by atoms with van der Waals surface area (Å²) in [6.45, 7) is 7.24. The number of phenolic OH excluding ortho intramolecular Hbond substituents is 4. The molecule has 6 rings (SSSR count). The maximum absolute atomic E-state index is 10.1. The third kappa shape index (κ3) is 18.8. The van der Waals surface area contributed by atoms with Crippen LogP contribution in [0.15, 0.2) is 153 Å². The minimum atomic E-state index is -0.563. The largest absolute Gasteiger partial charge is 0.507 e. The molecule has 6 aromatic carbocycles. The molecule has 0 aromatic heterocycles. The summed E-state index contributed by atoms with van der Waals surface area (Å²) < 4.78 is 20.5. The van der Waals surface area contributed by atoms with Gasteiger partial charge in [-0.05, 0) is 90.8 Å². The van der Waals surface area contributed by atoms with Crippen molar-refractivity contribution in [2.75, 3.05) is 35.0 Å². The molecule has 64 heavy (non-hydrogen) atoms. The van der Waals surface area contributed by atoms with Crippen LogP contribution in [-0.4, -0.2) is 80.3 Å². The van der Waals surface area contributed by atoms with Gasteiger partial charge in [-0.15, -0.1) is 0 Å². The van der Waals surface area contributed by atoms with E-state index < -0.39 is 6.17 Å². The molecule has 0 spiro atoms. The molecule has 0 fully saturated rings. The van der Waals surface area contributed by atoms with Crippen molar-refractivity contribution in [3.8, 4) is 46.0 Å². The van der Waals surface area contributed by atoms with Gasteiger partial charge in [0.05, 0.1) is 35.0 Å². The summed E-state index contributed by atoms with van der Waals surface area (Å²) in [5.41, 5.74) is 4.38. The van der Waals surface area contributed by atoms with Crippen LogP contribution in [0, 0.1) is 0 Å². The fourth-order valence-corrected chi connectivity index (χ4v) is 5.21. The van der Waals surface area contributed by atoms with Gasteiger partial charge in [0.2, 0.25) is 0 Å². The van der Waals surface area contributed by atoms with Crippen molar-refractivity contribution in [1.82, 2.24) is 0 Å². The maximum Gasteiger partial charge on any atom is 0.165 e. The van der Waals surface area contributed by atoms with E-state index in [0.717, 1.165) is 16.9 Å². The molecule has 0 amide bonds. The molecule has 346 valence electrons. The molecule has 0 saturated heterocycles. The molecule has 0 aliphatic heterocycles. The first kappa shape index (κ1) is 55.5. The van der Waals surface area contributed by atoms with Crippen LogP contribution >= 0.6 is 0 Å². The van der Waals surface area contributed by atoms with Crippen LogP contribution in [0.25, 0.3) is 0 Å². The molecule has 0 aliphatic rings. The fraction of sp³-hybridized carbons (Fsp3) is 0.200. The van der Waals surface area contributed by atoms with Crippen molar-refractivity contribution in [2.24, 2.45) is 20.0 Å². The van der Waals surface area contributed by atoms with Gasteiger partial charge in [-0.3, -0.25) is 20.0 Å². The molecule has 0 heterocycles. The monoisotopic (exact) mass is 966 g/mol. The number of rotatable bonds is 14. The SMILES string of the molecule is CC.CCN=Cc1cc(OC)ccc1O.COc1ccc(O)c(/C=N/C(/N=C/c2cc(OC)ccc2O)c2ccccc2)c1.COc1ccc(O)c(C=NCc2ccccc2)c1.[Cu].[Cu]. The Hall–Kier alpha value is -6.56. The van der Waals surface area contributed by atoms with E-state index in [4.69, 9.17) is 18.9 Å². The van der Waals surface area contributed by atoms with Crippen LogP contribution in [0.4, 0.5) is 0 Å². The summed E-state index contributed by atoms with van der Waals surface area (Å²) in [6, 6.07) is 39.5. The summed E-state index contributed by atoms with van der Waals surface area (Å²) >= 11 is 0. The molecule has 0 unspecified atom stereocenters. The smallest absolute Gasteiger partial charge is 0.165 e. The number of aliphatic imine (C=N–C) groups is 4. The zero-order chi connectivity index (χ0) is 45.1. The topological polar surface area (TPSA) is 167 Å². The molecule has 0 bridgehead atoms. The predicted molar refractivity (Wildman–Crippen MR) is 250 cm³/mol. The van der Waals surface area contributed by atoms with E-state index in [1.807, 2.05) is 81.4 Å². The van der Waals surface area contributed by atoms with Crippen molar-refractivity contribution in [3.05, 3.63) is 167 Å². The summed E-state index contributed by atoms with van der Waals surface area (Å²) in [5, 5.41) is 39.3. The predicted octanol–water partition coefficient (Wildman–Crippen LogP) is 10.2. The second-order valence-corrected chi connectivity index (χ2v) is 12.6. The minimum absolute atomic E-state index is 0. The molecule has 2 radical (unpaired) electrons. The quantitative estimate of drug-likeness (QED) is 0.0618. The Balaban J connectivity index is 0.000000502. The second kappa shape index (κ2) is 31.3. The average Bonchev–Trinajstić information content (AvgIpc) is 3.32. The van der Waals surface area contributed by atoms with E-state index in [-0.39, 0.29) is 57.1 Å². The molecule has 0 saturated carbocycles. The Labute approximate surface area is 397 Å². The van der Waals surface area contributed by atoms with Gasteiger partial charge >= 0.3 is 0 Å². The number of nitrogens with zero attached hydrogens (tertiary/aromatic N) is 4. The van der Waals surface area contributed by atoms with Crippen LogP contribution in [0.3, 0.4) is 0 Å². The number of phenols is 4. The van der Waals surface area contributed by atoms with E-state index >= 15 is 0 Å². The molecule has 0 aliphatic carbocycles. The summed E-state index contributed by atoms with van der Waals surface area (Å²) in [4.78, 5) is 17.4. The molecule has 0 atom stereocenters.